The van der Waals surface area contributed by atoms with Crippen LogP contribution in [0, 0.1) is 11.6 Å². The number of rotatable bonds is 6. The molecule has 174 valence electrons. The molecule has 1 amide bonds. The van der Waals surface area contributed by atoms with Crippen molar-refractivity contribution in [1.82, 2.24) is 14.9 Å². The van der Waals surface area contributed by atoms with Crippen molar-refractivity contribution in [1.29, 1.82) is 0 Å². The average Bonchev–Trinajstić information content (AvgIpc) is 2.81. The standard InChI is InChI=1S/C22H21F2N5O3S.H2/c23-17-2-1-16(20(24)14-17)13-22(30)29-11-9-28(10-12-29)18-3-5-19(6-4-18)33(31,32)27-21-7-8-25-15-26-21;/h1-8,14-15H,9-13H2,(H,25,26,27);1H. The van der Waals surface area contributed by atoms with Crippen LogP contribution in [0.3, 0.4) is 0 Å². The number of anilines is 2. The Morgan fingerprint density at radius 1 is 1.03 bits per heavy atom. The second-order valence-electron chi connectivity index (χ2n) is 7.47. The number of amides is 1. The molecular formula is C22H23F2N5O3S. The highest BCUT2D eigenvalue weighted by Crippen LogP contribution is 2.21. The molecule has 1 saturated heterocycles. The quantitative estimate of drug-likeness (QED) is 0.589. The number of carbonyl (C=O) groups excluding carboxylic acids is 1. The highest BCUT2D eigenvalue weighted by molar-refractivity contribution is 7.92. The molecule has 2 aromatic carbocycles. The highest BCUT2D eigenvalue weighted by Gasteiger charge is 2.23. The number of nitrogens with zero attached hydrogens (tertiary/aromatic N) is 4. The number of carbonyl (C=O) groups is 1. The van der Waals surface area contributed by atoms with Crippen LogP contribution in [0.5, 0.6) is 0 Å². The fraction of sp³-hybridized carbons (Fsp3) is 0.227. The summed E-state index contributed by atoms with van der Waals surface area (Å²) in [7, 11) is -3.78. The molecule has 0 spiro atoms. The van der Waals surface area contributed by atoms with E-state index in [1.165, 1.54) is 36.8 Å². The highest BCUT2D eigenvalue weighted by atomic mass is 32.2. The van der Waals surface area contributed by atoms with Gasteiger partial charge in [-0.05, 0) is 42.0 Å². The van der Waals surface area contributed by atoms with Crippen LogP contribution in [0.1, 0.15) is 6.99 Å². The van der Waals surface area contributed by atoms with Gasteiger partial charge in [0.15, 0.2) is 0 Å². The van der Waals surface area contributed by atoms with Gasteiger partial charge < -0.3 is 9.80 Å². The number of piperazine rings is 1. The zero-order valence-electron chi connectivity index (χ0n) is 17.5. The zero-order chi connectivity index (χ0) is 23.4. The summed E-state index contributed by atoms with van der Waals surface area (Å²) in [5.74, 6) is -1.46. The van der Waals surface area contributed by atoms with Crippen molar-refractivity contribution in [2.24, 2.45) is 0 Å². The van der Waals surface area contributed by atoms with Gasteiger partial charge in [0.05, 0.1) is 11.3 Å². The number of hydrogen-bond acceptors (Lipinski definition) is 6. The first kappa shape index (κ1) is 22.6. The Balaban J connectivity index is 0.00000324. The van der Waals surface area contributed by atoms with Crippen LogP contribution in [0.25, 0.3) is 0 Å². The Labute approximate surface area is 191 Å². The third-order valence-electron chi connectivity index (χ3n) is 5.32. The molecular weight excluding hydrogens is 452 g/mol. The predicted octanol–water partition coefficient (Wildman–Crippen LogP) is 2.69. The maximum atomic E-state index is 13.8. The van der Waals surface area contributed by atoms with Crippen LogP contribution in [0.2, 0.25) is 0 Å². The van der Waals surface area contributed by atoms with Crippen molar-refractivity contribution in [3.8, 4) is 0 Å². The third kappa shape index (κ3) is 5.43. The van der Waals surface area contributed by atoms with Gasteiger partial charge in [0.1, 0.15) is 23.8 Å². The van der Waals surface area contributed by atoms with Gasteiger partial charge in [0.2, 0.25) is 5.91 Å². The molecule has 0 radical (unpaired) electrons. The number of aromatic nitrogens is 2. The topological polar surface area (TPSA) is 95.5 Å². The molecule has 1 N–H and O–H groups in total. The summed E-state index contributed by atoms with van der Waals surface area (Å²) >= 11 is 0. The summed E-state index contributed by atoms with van der Waals surface area (Å²) in [5, 5.41) is 0. The van der Waals surface area contributed by atoms with Crippen LogP contribution in [0.15, 0.2) is 66.0 Å². The number of nitrogens with one attached hydrogen (secondary N) is 1. The minimum atomic E-state index is -3.78. The first-order valence-electron chi connectivity index (χ1n) is 10.2. The molecule has 0 aliphatic carbocycles. The van der Waals surface area contributed by atoms with Crippen molar-refractivity contribution in [3.63, 3.8) is 0 Å². The van der Waals surface area contributed by atoms with Gasteiger partial charge in [-0.15, -0.1) is 0 Å². The van der Waals surface area contributed by atoms with Gasteiger partial charge in [-0.3, -0.25) is 9.52 Å². The Bertz CT molecular complexity index is 1240. The Morgan fingerprint density at radius 3 is 2.39 bits per heavy atom. The third-order valence-corrected chi connectivity index (χ3v) is 6.69. The first-order valence-corrected chi connectivity index (χ1v) is 11.7. The van der Waals surface area contributed by atoms with E-state index in [0.717, 1.165) is 17.8 Å². The Morgan fingerprint density at radius 2 is 1.76 bits per heavy atom. The molecule has 0 atom stereocenters. The maximum Gasteiger partial charge on any atom is 0.263 e. The van der Waals surface area contributed by atoms with Crippen molar-refractivity contribution >= 4 is 27.4 Å². The second-order valence-corrected chi connectivity index (χ2v) is 9.16. The molecule has 0 unspecified atom stereocenters. The average molecular weight is 476 g/mol. The molecule has 1 aliphatic heterocycles. The lowest BCUT2D eigenvalue weighted by molar-refractivity contribution is -0.130. The largest absolute Gasteiger partial charge is 0.368 e. The first-order chi connectivity index (χ1) is 15.8. The van der Waals surface area contributed by atoms with Crippen LogP contribution < -0.4 is 9.62 Å². The lowest BCUT2D eigenvalue weighted by atomic mass is 10.1. The fourth-order valence-corrected chi connectivity index (χ4v) is 4.55. The van der Waals surface area contributed by atoms with E-state index < -0.39 is 21.7 Å². The smallest absolute Gasteiger partial charge is 0.263 e. The van der Waals surface area contributed by atoms with Crippen LogP contribution in [-0.2, 0) is 21.2 Å². The van der Waals surface area contributed by atoms with E-state index >= 15 is 0 Å². The summed E-state index contributed by atoms with van der Waals surface area (Å²) < 4.78 is 54.3. The van der Waals surface area contributed by atoms with Crippen molar-refractivity contribution < 1.29 is 23.4 Å². The predicted molar refractivity (Wildman–Crippen MR) is 120 cm³/mol. The van der Waals surface area contributed by atoms with E-state index in [4.69, 9.17) is 0 Å². The lowest BCUT2D eigenvalue weighted by Crippen LogP contribution is -2.49. The number of halogens is 2. The SMILES string of the molecule is O=C(Cc1ccc(F)cc1F)N1CCN(c2ccc(S(=O)(=O)Nc3ccncn3)cc2)CC1.[HH]. The molecule has 1 aliphatic rings. The van der Waals surface area contributed by atoms with Crippen molar-refractivity contribution in [2.45, 2.75) is 11.3 Å². The molecule has 0 saturated carbocycles. The molecule has 8 nitrogen and oxygen atoms in total. The van der Waals surface area contributed by atoms with Gasteiger partial charge in [0, 0.05) is 45.6 Å². The second kappa shape index (κ2) is 9.49. The Hall–Kier alpha value is -3.60. The molecule has 0 bridgehead atoms. The molecule has 2 heterocycles. The molecule has 11 heteroatoms. The van der Waals surface area contributed by atoms with Crippen LogP contribution in [-0.4, -0.2) is 55.4 Å². The van der Waals surface area contributed by atoms with E-state index in [2.05, 4.69) is 14.7 Å². The van der Waals surface area contributed by atoms with E-state index in [1.807, 2.05) is 4.90 Å². The van der Waals surface area contributed by atoms with E-state index in [1.54, 1.807) is 17.0 Å². The lowest BCUT2D eigenvalue weighted by Gasteiger charge is -2.36. The van der Waals surface area contributed by atoms with Gasteiger partial charge >= 0.3 is 0 Å². The number of benzene rings is 2. The van der Waals surface area contributed by atoms with E-state index in [9.17, 15) is 22.0 Å². The normalized spacial score (nSPS) is 14.2. The molecule has 33 heavy (non-hydrogen) atoms. The van der Waals surface area contributed by atoms with Gasteiger partial charge in [-0.1, -0.05) is 6.07 Å². The molecule has 1 aromatic heterocycles. The summed E-state index contributed by atoms with van der Waals surface area (Å²) in [6, 6.07) is 11.1. The molecule has 3 aromatic rings. The minimum absolute atomic E-state index is 0. The van der Waals surface area contributed by atoms with Crippen molar-refractivity contribution in [3.05, 3.63) is 78.3 Å². The fourth-order valence-electron chi connectivity index (χ4n) is 3.54. The Kier molecular flexibility index (Phi) is 6.50. The zero-order valence-corrected chi connectivity index (χ0v) is 18.3. The van der Waals surface area contributed by atoms with E-state index in [0.29, 0.717) is 26.2 Å². The molecule has 4 rings (SSSR count). The minimum Gasteiger partial charge on any atom is -0.368 e. The van der Waals surface area contributed by atoms with E-state index in [-0.39, 0.29) is 30.0 Å². The molecule has 1 fully saturated rings. The maximum absolute atomic E-state index is 13.8. The van der Waals surface area contributed by atoms with Crippen LogP contribution in [0.4, 0.5) is 20.3 Å². The summed E-state index contributed by atoms with van der Waals surface area (Å²) in [6.07, 6.45) is 2.56. The van der Waals surface area contributed by atoms with Gasteiger partial charge in [-0.2, -0.15) is 0 Å². The van der Waals surface area contributed by atoms with Gasteiger partial charge in [0.25, 0.3) is 10.0 Å². The summed E-state index contributed by atoms with van der Waals surface area (Å²) in [5.41, 5.74) is 0.990. The van der Waals surface area contributed by atoms with Crippen molar-refractivity contribution in [2.75, 3.05) is 35.8 Å². The van der Waals surface area contributed by atoms with Crippen LogP contribution >= 0.6 is 0 Å². The number of hydrogen-bond donors (Lipinski definition) is 1. The monoisotopic (exact) mass is 475 g/mol. The van der Waals surface area contributed by atoms with Gasteiger partial charge in [-0.25, -0.2) is 27.2 Å². The summed E-state index contributed by atoms with van der Waals surface area (Å²) in [6.45, 7) is 1.97. The number of sulfonamides is 1. The summed E-state index contributed by atoms with van der Waals surface area (Å²) in [4.78, 5) is 23.9.